The average molecular weight is 397 g/mol. The average Bonchev–Trinajstić information content (AvgIpc) is 2.95. The second-order valence-electron chi connectivity index (χ2n) is 8.16. The Morgan fingerprint density at radius 3 is 2.47 bits per heavy atom. The first-order chi connectivity index (χ1) is 14.8. The summed E-state index contributed by atoms with van der Waals surface area (Å²) in [7, 11) is 0. The first-order valence-electron chi connectivity index (χ1n) is 10.8. The molecule has 152 valence electrons. The van der Waals surface area contributed by atoms with Crippen LogP contribution < -0.4 is 5.32 Å². The molecule has 30 heavy (non-hydrogen) atoms. The lowest BCUT2D eigenvalue weighted by molar-refractivity contribution is 0.281. The fourth-order valence-corrected chi connectivity index (χ4v) is 4.26. The summed E-state index contributed by atoms with van der Waals surface area (Å²) >= 11 is 0. The van der Waals surface area contributed by atoms with E-state index in [-0.39, 0.29) is 0 Å². The van der Waals surface area contributed by atoms with Gasteiger partial charge in [-0.1, -0.05) is 60.2 Å². The highest BCUT2D eigenvalue weighted by Crippen LogP contribution is 2.28. The summed E-state index contributed by atoms with van der Waals surface area (Å²) in [5.74, 6) is 0. The van der Waals surface area contributed by atoms with Crippen LogP contribution >= 0.6 is 0 Å². The quantitative estimate of drug-likeness (QED) is 0.539. The molecule has 4 nitrogen and oxygen atoms in total. The van der Waals surface area contributed by atoms with Crippen LogP contribution in [0.15, 0.2) is 72.9 Å². The minimum absolute atomic E-state index is 0.907. The molecule has 1 N–H and O–H groups in total. The van der Waals surface area contributed by atoms with E-state index in [1.807, 2.05) is 0 Å². The second kappa shape index (κ2) is 8.42. The zero-order valence-corrected chi connectivity index (χ0v) is 17.5. The fourth-order valence-electron chi connectivity index (χ4n) is 4.26. The molecule has 0 spiro atoms. The number of fused-ring (bicyclic) bond motifs is 1. The molecule has 0 saturated carbocycles. The molecule has 2 aromatic heterocycles. The Morgan fingerprint density at radius 2 is 1.63 bits per heavy atom. The van der Waals surface area contributed by atoms with Gasteiger partial charge in [0.2, 0.25) is 0 Å². The number of hydrogen-bond donors (Lipinski definition) is 1. The molecule has 5 rings (SSSR count). The maximum Gasteiger partial charge on any atom is 0.137 e. The van der Waals surface area contributed by atoms with Crippen molar-refractivity contribution in [2.45, 2.75) is 19.9 Å². The van der Waals surface area contributed by atoms with Gasteiger partial charge in [-0.3, -0.25) is 4.90 Å². The van der Waals surface area contributed by atoms with Gasteiger partial charge in [0, 0.05) is 31.4 Å². The van der Waals surface area contributed by atoms with Gasteiger partial charge in [0.05, 0.1) is 11.4 Å². The maximum absolute atomic E-state index is 5.06. The number of hydrogen-bond acceptors (Lipinski definition) is 3. The summed E-state index contributed by atoms with van der Waals surface area (Å²) in [5.41, 5.74) is 8.28. The highest BCUT2D eigenvalue weighted by molar-refractivity contribution is 5.70. The van der Waals surface area contributed by atoms with Crippen molar-refractivity contribution in [1.82, 2.24) is 19.6 Å². The molecule has 1 saturated heterocycles. The minimum atomic E-state index is 0.907. The van der Waals surface area contributed by atoms with Gasteiger partial charge in [0.25, 0.3) is 0 Å². The van der Waals surface area contributed by atoms with E-state index in [9.17, 15) is 0 Å². The van der Waals surface area contributed by atoms with Crippen molar-refractivity contribution < 1.29 is 0 Å². The highest BCUT2D eigenvalue weighted by Gasteiger charge is 2.18. The third-order valence-electron chi connectivity index (χ3n) is 5.96. The van der Waals surface area contributed by atoms with E-state index in [4.69, 9.17) is 4.98 Å². The number of aryl methyl sites for hydroxylation is 1. The van der Waals surface area contributed by atoms with Crippen molar-refractivity contribution in [1.29, 1.82) is 0 Å². The molecule has 2 aromatic carbocycles. The number of benzene rings is 2. The zero-order valence-electron chi connectivity index (χ0n) is 17.5. The number of pyridine rings is 1. The second-order valence-corrected chi connectivity index (χ2v) is 8.16. The third-order valence-corrected chi connectivity index (χ3v) is 5.96. The lowest BCUT2D eigenvalue weighted by Crippen LogP contribution is -2.28. The molecule has 1 aliphatic heterocycles. The van der Waals surface area contributed by atoms with Crippen LogP contribution in [0.5, 0.6) is 0 Å². The van der Waals surface area contributed by atoms with E-state index >= 15 is 0 Å². The fraction of sp³-hybridized carbons (Fsp3) is 0.269. The predicted octanol–water partition coefficient (Wildman–Crippen LogP) is 4.77. The van der Waals surface area contributed by atoms with Crippen LogP contribution in [0.3, 0.4) is 0 Å². The SMILES string of the molecule is Cc1ccc(-c2nc3ccc(-c4ccccc4)cn3c2CN2CCCNCC2)cc1. The van der Waals surface area contributed by atoms with Gasteiger partial charge in [-0.05, 0) is 49.7 Å². The Labute approximate surface area is 178 Å². The molecular formula is C26H28N4. The molecule has 0 aliphatic carbocycles. The van der Waals surface area contributed by atoms with Crippen LogP contribution in [0.2, 0.25) is 0 Å². The molecule has 4 aromatic rings. The lowest BCUT2D eigenvalue weighted by Gasteiger charge is -2.20. The number of imidazole rings is 1. The van der Waals surface area contributed by atoms with E-state index in [0.29, 0.717) is 0 Å². The maximum atomic E-state index is 5.06. The monoisotopic (exact) mass is 396 g/mol. The van der Waals surface area contributed by atoms with Gasteiger partial charge < -0.3 is 9.72 Å². The minimum Gasteiger partial charge on any atom is -0.315 e. The summed E-state index contributed by atoms with van der Waals surface area (Å²) in [5, 5.41) is 3.51. The molecule has 4 heteroatoms. The van der Waals surface area contributed by atoms with Crippen LogP contribution in [0, 0.1) is 6.92 Å². The van der Waals surface area contributed by atoms with Crippen molar-refractivity contribution in [3.63, 3.8) is 0 Å². The first-order valence-corrected chi connectivity index (χ1v) is 10.8. The highest BCUT2D eigenvalue weighted by atomic mass is 15.2. The van der Waals surface area contributed by atoms with E-state index in [1.54, 1.807) is 0 Å². The van der Waals surface area contributed by atoms with Crippen LogP contribution in [0.4, 0.5) is 0 Å². The summed E-state index contributed by atoms with van der Waals surface area (Å²) in [4.78, 5) is 7.61. The number of rotatable bonds is 4. The molecule has 1 fully saturated rings. The van der Waals surface area contributed by atoms with E-state index in [1.165, 1.54) is 34.4 Å². The van der Waals surface area contributed by atoms with Gasteiger partial charge >= 0.3 is 0 Å². The van der Waals surface area contributed by atoms with Gasteiger partial charge in [0.1, 0.15) is 5.65 Å². The topological polar surface area (TPSA) is 32.6 Å². The lowest BCUT2D eigenvalue weighted by atomic mass is 10.1. The van der Waals surface area contributed by atoms with Crippen molar-refractivity contribution in [3.8, 4) is 22.4 Å². The Hall–Kier alpha value is -2.95. The number of nitrogens with one attached hydrogen (secondary N) is 1. The van der Waals surface area contributed by atoms with Crippen LogP contribution in [0.1, 0.15) is 17.7 Å². The van der Waals surface area contributed by atoms with Crippen molar-refractivity contribution >= 4 is 5.65 Å². The van der Waals surface area contributed by atoms with Gasteiger partial charge in [0.15, 0.2) is 0 Å². The summed E-state index contributed by atoms with van der Waals surface area (Å²) < 4.78 is 2.30. The molecule has 0 bridgehead atoms. The zero-order chi connectivity index (χ0) is 20.3. The molecule has 0 amide bonds. The molecular weight excluding hydrogens is 368 g/mol. The van der Waals surface area contributed by atoms with Crippen molar-refractivity contribution in [3.05, 3.63) is 84.2 Å². The molecule has 0 unspecified atom stereocenters. The van der Waals surface area contributed by atoms with Crippen LogP contribution in [-0.4, -0.2) is 40.5 Å². The molecule has 0 atom stereocenters. The Morgan fingerprint density at radius 1 is 0.833 bits per heavy atom. The van der Waals surface area contributed by atoms with Crippen LogP contribution in [-0.2, 0) is 6.54 Å². The number of aromatic nitrogens is 2. The molecule has 0 radical (unpaired) electrons. The number of nitrogens with zero attached hydrogens (tertiary/aromatic N) is 3. The van der Waals surface area contributed by atoms with Gasteiger partial charge in [-0.2, -0.15) is 0 Å². The summed E-state index contributed by atoms with van der Waals surface area (Å²) in [6.45, 7) is 7.37. The summed E-state index contributed by atoms with van der Waals surface area (Å²) in [6.07, 6.45) is 3.44. The Kier molecular flexibility index (Phi) is 5.35. The Bertz CT molecular complexity index is 1120. The Balaban J connectivity index is 1.62. The van der Waals surface area contributed by atoms with E-state index < -0.39 is 0 Å². The standard InChI is InChI=1S/C26H28N4/c1-20-8-10-22(11-9-20)26-24(19-29-16-5-14-27-15-17-29)30-18-23(12-13-25(30)28-26)21-6-3-2-4-7-21/h2-4,6-13,18,27H,5,14-17,19H2,1H3. The normalized spacial score (nSPS) is 15.4. The van der Waals surface area contributed by atoms with Crippen molar-refractivity contribution in [2.24, 2.45) is 0 Å². The van der Waals surface area contributed by atoms with Crippen LogP contribution in [0.25, 0.3) is 28.0 Å². The van der Waals surface area contributed by atoms with E-state index in [2.05, 4.69) is 94.5 Å². The smallest absolute Gasteiger partial charge is 0.137 e. The van der Waals surface area contributed by atoms with E-state index in [0.717, 1.165) is 44.1 Å². The van der Waals surface area contributed by atoms with Gasteiger partial charge in [-0.15, -0.1) is 0 Å². The largest absolute Gasteiger partial charge is 0.315 e. The summed E-state index contributed by atoms with van der Waals surface area (Å²) in [6, 6.07) is 23.6. The molecule has 3 heterocycles. The predicted molar refractivity (Wildman–Crippen MR) is 124 cm³/mol. The molecule has 1 aliphatic rings. The van der Waals surface area contributed by atoms with Gasteiger partial charge in [-0.25, -0.2) is 4.98 Å². The first kappa shape index (κ1) is 19.0. The third kappa shape index (κ3) is 3.89. The van der Waals surface area contributed by atoms with Crippen molar-refractivity contribution in [2.75, 3.05) is 26.2 Å².